The van der Waals surface area contributed by atoms with E-state index in [0.29, 0.717) is 24.6 Å². The maximum Gasteiger partial charge on any atom is 0.351 e. The molecule has 1 unspecified atom stereocenters. The largest absolute Gasteiger partial charge is 0.392 e. The molecule has 0 bridgehead atoms. The van der Waals surface area contributed by atoms with Crippen LogP contribution in [0.15, 0.2) is 11.1 Å². The molecule has 0 aliphatic rings. The highest BCUT2D eigenvalue weighted by molar-refractivity contribution is 5.83. The van der Waals surface area contributed by atoms with Crippen LogP contribution in [-0.2, 0) is 13.1 Å². The monoisotopic (exact) mass is 293 g/mol. The highest BCUT2D eigenvalue weighted by atomic mass is 16.3. The molecule has 2 aromatic rings. The lowest BCUT2D eigenvalue weighted by molar-refractivity contribution is 0.208. The topological polar surface area (TPSA) is 85.0 Å². The van der Waals surface area contributed by atoms with Gasteiger partial charge >= 0.3 is 5.69 Å². The number of aryl methyl sites for hydroxylation is 2. The van der Waals surface area contributed by atoms with E-state index in [1.165, 1.54) is 0 Å². The third kappa shape index (κ3) is 3.24. The first-order valence-electron chi connectivity index (χ1n) is 7.46. The minimum Gasteiger partial charge on any atom is -0.392 e. The molecule has 0 saturated carbocycles. The van der Waals surface area contributed by atoms with E-state index >= 15 is 0 Å². The normalized spacial score (nSPS) is 12.8. The molecule has 0 saturated heterocycles. The van der Waals surface area contributed by atoms with Gasteiger partial charge in [-0.05, 0) is 19.8 Å². The highest BCUT2D eigenvalue weighted by Gasteiger charge is 2.15. The van der Waals surface area contributed by atoms with Gasteiger partial charge in [-0.25, -0.2) is 9.78 Å². The van der Waals surface area contributed by atoms with Crippen molar-refractivity contribution < 1.29 is 5.11 Å². The number of fused-ring (bicyclic) bond motifs is 1. The number of aromatic nitrogens is 4. The first kappa shape index (κ1) is 15.5. The third-order valence-corrected chi connectivity index (χ3v) is 3.21. The lowest BCUT2D eigenvalue weighted by atomic mass is 10.3. The first-order valence-corrected chi connectivity index (χ1v) is 7.46. The Hall–Kier alpha value is -1.89. The summed E-state index contributed by atoms with van der Waals surface area (Å²) in [5.41, 5.74) is 1.17. The van der Waals surface area contributed by atoms with Gasteiger partial charge in [-0.15, -0.1) is 0 Å². The molecule has 0 aliphatic heterocycles. The fourth-order valence-electron chi connectivity index (χ4n) is 2.31. The number of aliphatic hydroxyl groups excluding tert-OH is 1. The molecule has 21 heavy (non-hydrogen) atoms. The van der Waals surface area contributed by atoms with E-state index in [1.54, 1.807) is 17.8 Å². The molecule has 0 aromatic carbocycles. The van der Waals surface area contributed by atoms with Gasteiger partial charge in [0.1, 0.15) is 5.52 Å². The van der Waals surface area contributed by atoms with Crippen molar-refractivity contribution in [3.8, 4) is 0 Å². The summed E-state index contributed by atoms with van der Waals surface area (Å²) in [5, 5.41) is 12.5. The number of imidazole rings is 1. The smallest absolute Gasteiger partial charge is 0.351 e. The second-order valence-electron chi connectivity index (χ2n) is 5.23. The number of hydrogen-bond acceptors (Lipinski definition) is 5. The Morgan fingerprint density at radius 2 is 2.05 bits per heavy atom. The summed E-state index contributed by atoms with van der Waals surface area (Å²) < 4.78 is 3.60. The van der Waals surface area contributed by atoms with Gasteiger partial charge in [0.25, 0.3) is 0 Å². The molecule has 2 N–H and O–H groups in total. The third-order valence-electron chi connectivity index (χ3n) is 3.21. The quantitative estimate of drug-likeness (QED) is 0.801. The molecule has 0 aliphatic carbocycles. The van der Waals surface area contributed by atoms with Gasteiger partial charge in [-0.2, -0.15) is 4.98 Å². The van der Waals surface area contributed by atoms with Crippen LogP contribution in [-0.4, -0.2) is 36.9 Å². The molecular formula is C14H23N5O2. The molecule has 7 nitrogen and oxygen atoms in total. The van der Waals surface area contributed by atoms with E-state index in [1.807, 2.05) is 11.5 Å². The zero-order chi connectivity index (χ0) is 15.4. The molecule has 2 heterocycles. The molecule has 0 radical (unpaired) electrons. The Morgan fingerprint density at radius 1 is 1.33 bits per heavy atom. The zero-order valence-corrected chi connectivity index (χ0v) is 12.8. The van der Waals surface area contributed by atoms with Crippen LogP contribution >= 0.6 is 0 Å². The number of nitrogens with zero attached hydrogens (tertiary/aromatic N) is 4. The van der Waals surface area contributed by atoms with E-state index in [2.05, 4.69) is 22.2 Å². The fraction of sp³-hybridized carbons (Fsp3) is 0.643. The van der Waals surface area contributed by atoms with Crippen LogP contribution in [0.4, 0.5) is 5.82 Å². The molecule has 7 heteroatoms. The SMILES string of the molecule is CCCn1cnc2c1c(NCC(C)O)nc(=O)n2CCC. The Balaban J connectivity index is 2.58. The first-order chi connectivity index (χ1) is 10.1. The highest BCUT2D eigenvalue weighted by Crippen LogP contribution is 2.19. The van der Waals surface area contributed by atoms with Gasteiger partial charge in [-0.1, -0.05) is 13.8 Å². The van der Waals surface area contributed by atoms with Gasteiger partial charge in [0.2, 0.25) is 0 Å². The molecular weight excluding hydrogens is 270 g/mol. The predicted octanol–water partition coefficient (Wildman–Crippen LogP) is 1.21. The summed E-state index contributed by atoms with van der Waals surface area (Å²) in [6.45, 7) is 7.54. The van der Waals surface area contributed by atoms with Gasteiger partial charge in [0.05, 0.1) is 12.4 Å². The van der Waals surface area contributed by atoms with Crippen LogP contribution in [0.1, 0.15) is 33.6 Å². The summed E-state index contributed by atoms with van der Waals surface area (Å²) in [5.74, 6) is 0.495. The number of hydrogen-bond donors (Lipinski definition) is 2. The van der Waals surface area contributed by atoms with Gasteiger partial charge in [0, 0.05) is 19.6 Å². The lowest BCUT2D eigenvalue weighted by Crippen LogP contribution is -2.26. The van der Waals surface area contributed by atoms with Crippen LogP contribution in [0.25, 0.3) is 11.2 Å². The summed E-state index contributed by atoms with van der Waals surface area (Å²) in [6.07, 6.45) is 3.04. The minimum atomic E-state index is -0.512. The Morgan fingerprint density at radius 3 is 2.67 bits per heavy atom. The van der Waals surface area contributed by atoms with Crippen molar-refractivity contribution in [2.24, 2.45) is 0 Å². The lowest BCUT2D eigenvalue weighted by Gasteiger charge is -2.13. The van der Waals surface area contributed by atoms with Gasteiger partial charge in [0.15, 0.2) is 11.5 Å². The maximum absolute atomic E-state index is 12.2. The standard InChI is InChI=1S/C14H23N5O2/c1-4-6-18-9-16-13-11(18)12(15-8-10(3)20)17-14(21)19(13)7-5-2/h9-10,20H,4-8H2,1-3H3,(H,15,17,21). The van der Waals surface area contributed by atoms with Gasteiger partial charge in [-0.3, -0.25) is 4.57 Å². The van der Waals surface area contributed by atoms with E-state index in [0.717, 1.165) is 24.9 Å². The molecule has 1 atom stereocenters. The van der Waals surface area contributed by atoms with Gasteiger partial charge < -0.3 is 15.0 Å². The Labute approximate surface area is 123 Å². The van der Waals surface area contributed by atoms with Crippen LogP contribution in [0, 0.1) is 0 Å². The van der Waals surface area contributed by atoms with Crippen molar-refractivity contribution in [3.05, 3.63) is 16.8 Å². The fourth-order valence-corrected chi connectivity index (χ4v) is 2.31. The van der Waals surface area contributed by atoms with Crippen molar-refractivity contribution in [2.75, 3.05) is 11.9 Å². The average Bonchev–Trinajstić information content (AvgIpc) is 2.84. The van der Waals surface area contributed by atoms with E-state index in [4.69, 9.17) is 0 Å². The molecule has 2 rings (SSSR count). The summed E-state index contributed by atoms with van der Waals surface area (Å²) in [6, 6.07) is 0. The van der Waals surface area contributed by atoms with E-state index in [9.17, 15) is 9.90 Å². The van der Waals surface area contributed by atoms with Crippen molar-refractivity contribution in [1.82, 2.24) is 19.1 Å². The zero-order valence-electron chi connectivity index (χ0n) is 12.8. The predicted molar refractivity (Wildman–Crippen MR) is 82.5 cm³/mol. The minimum absolute atomic E-state index is 0.306. The van der Waals surface area contributed by atoms with Crippen molar-refractivity contribution in [2.45, 2.75) is 52.8 Å². The van der Waals surface area contributed by atoms with Crippen molar-refractivity contribution in [3.63, 3.8) is 0 Å². The van der Waals surface area contributed by atoms with Crippen molar-refractivity contribution >= 4 is 17.0 Å². The van der Waals surface area contributed by atoms with E-state index in [-0.39, 0.29) is 5.69 Å². The second-order valence-corrected chi connectivity index (χ2v) is 5.23. The number of anilines is 1. The number of rotatable bonds is 7. The molecule has 2 aromatic heterocycles. The summed E-state index contributed by atoms with van der Waals surface area (Å²) in [7, 11) is 0. The molecule has 0 amide bonds. The summed E-state index contributed by atoms with van der Waals surface area (Å²) in [4.78, 5) is 20.7. The average molecular weight is 293 g/mol. The van der Waals surface area contributed by atoms with E-state index < -0.39 is 6.10 Å². The molecule has 116 valence electrons. The molecule has 0 spiro atoms. The number of nitrogens with one attached hydrogen (secondary N) is 1. The maximum atomic E-state index is 12.2. The summed E-state index contributed by atoms with van der Waals surface area (Å²) >= 11 is 0. The van der Waals surface area contributed by atoms with Crippen molar-refractivity contribution in [1.29, 1.82) is 0 Å². The molecule has 0 fully saturated rings. The van der Waals surface area contributed by atoms with Crippen LogP contribution in [0.5, 0.6) is 0 Å². The van der Waals surface area contributed by atoms with Crippen LogP contribution < -0.4 is 11.0 Å². The number of aliphatic hydroxyl groups is 1. The Bertz CT molecular complexity index is 659. The second kappa shape index (κ2) is 6.71. The van der Waals surface area contributed by atoms with Crippen LogP contribution in [0.2, 0.25) is 0 Å². The Kier molecular flexibility index (Phi) is 4.95. The van der Waals surface area contributed by atoms with Crippen LogP contribution in [0.3, 0.4) is 0 Å².